The van der Waals surface area contributed by atoms with Crippen molar-refractivity contribution in [1.82, 2.24) is 5.32 Å². The molecular formula is C17H13N3O3S. The molecule has 0 aliphatic carbocycles. The minimum Gasteiger partial charge on any atom is -0.300 e. The maximum Gasteiger partial charge on any atom is 0.269 e. The monoisotopic (exact) mass is 339 g/mol. The summed E-state index contributed by atoms with van der Waals surface area (Å²) in [4.78, 5) is 27.1. The van der Waals surface area contributed by atoms with Gasteiger partial charge in [-0.3, -0.25) is 14.9 Å². The zero-order valence-electron chi connectivity index (χ0n) is 12.7. The Morgan fingerprint density at radius 2 is 1.96 bits per heavy atom. The zero-order chi connectivity index (χ0) is 17.1. The predicted molar refractivity (Wildman–Crippen MR) is 95.1 cm³/mol. The molecule has 1 fully saturated rings. The van der Waals surface area contributed by atoms with Crippen LogP contribution in [0.25, 0.3) is 6.08 Å². The number of thioether (sulfide) groups is 1. The van der Waals surface area contributed by atoms with Crippen LogP contribution in [0, 0.1) is 17.0 Å². The first-order valence-electron chi connectivity index (χ1n) is 7.12. The summed E-state index contributed by atoms with van der Waals surface area (Å²) in [6, 6.07) is 13.7. The molecule has 6 nitrogen and oxygen atoms in total. The van der Waals surface area contributed by atoms with Gasteiger partial charge in [0.25, 0.3) is 11.6 Å². The molecule has 24 heavy (non-hydrogen) atoms. The lowest BCUT2D eigenvalue weighted by atomic mass is 10.2. The Bertz CT molecular complexity index is 873. The largest absolute Gasteiger partial charge is 0.300 e. The molecule has 0 atom stereocenters. The summed E-state index contributed by atoms with van der Waals surface area (Å²) in [6.45, 7) is 1.98. The molecule has 2 aromatic rings. The third-order valence-corrected chi connectivity index (χ3v) is 4.19. The summed E-state index contributed by atoms with van der Waals surface area (Å²) in [5.41, 5.74) is 2.60. The summed E-state index contributed by atoms with van der Waals surface area (Å²) >= 11 is 1.24. The Morgan fingerprint density at radius 1 is 1.21 bits per heavy atom. The SMILES string of the molecule is Cc1cccc(N=C2NC(=O)/C(=C\c3ccc([N+](=O)[O-])cc3)S2)c1. The van der Waals surface area contributed by atoms with Crippen molar-refractivity contribution in [3.8, 4) is 0 Å². The predicted octanol–water partition coefficient (Wildman–Crippen LogP) is 3.79. The van der Waals surface area contributed by atoms with Crippen LogP contribution in [0.1, 0.15) is 11.1 Å². The second-order valence-corrected chi connectivity index (χ2v) is 6.20. The van der Waals surface area contributed by atoms with Crippen molar-refractivity contribution in [2.24, 2.45) is 4.99 Å². The van der Waals surface area contributed by atoms with Gasteiger partial charge in [0.1, 0.15) is 0 Å². The van der Waals surface area contributed by atoms with Gasteiger partial charge in [0.15, 0.2) is 5.17 Å². The number of hydrogen-bond donors (Lipinski definition) is 1. The number of hydrogen-bond acceptors (Lipinski definition) is 5. The number of amidine groups is 1. The quantitative estimate of drug-likeness (QED) is 0.524. The van der Waals surface area contributed by atoms with Crippen molar-refractivity contribution in [3.63, 3.8) is 0 Å². The number of benzene rings is 2. The number of nitro groups is 1. The zero-order valence-corrected chi connectivity index (χ0v) is 13.5. The number of rotatable bonds is 3. The van der Waals surface area contributed by atoms with E-state index < -0.39 is 4.92 Å². The first kappa shape index (κ1) is 15.9. The van der Waals surface area contributed by atoms with Crippen molar-refractivity contribution in [2.75, 3.05) is 0 Å². The van der Waals surface area contributed by atoms with Gasteiger partial charge in [-0.2, -0.15) is 0 Å². The average Bonchev–Trinajstić information content (AvgIpc) is 2.87. The molecule has 1 amide bonds. The molecular weight excluding hydrogens is 326 g/mol. The maximum atomic E-state index is 12.0. The van der Waals surface area contributed by atoms with Crippen molar-refractivity contribution in [3.05, 3.63) is 74.7 Å². The lowest BCUT2D eigenvalue weighted by molar-refractivity contribution is -0.384. The number of nitrogens with zero attached hydrogens (tertiary/aromatic N) is 2. The van der Waals surface area contributed by atoms with Gasteiger partial charge in [-0.05, 0) is 60.2 Å². The maximum absolute atomic E-state index is 12.0. The molecule has 120 valence electrons. The fraction of sp³-hybridized carbons (Fsp3) is 0.0588. The van der Waals surface area contributed by atoms with Crippen LogP contribution in [-0.4, -0.2) is 16.0 Å². The Morgan fingerprint density at radius 3 is 2.62 bits per heavy atom. The molecule has 1 saturated heterocycles. The molecule has 0 aromatic heterocycles. The van der Waals surface area contributed by atoms with E-state index >= 15 is 0 Å². The van der Waals surface area contributed by atoms with Gasteiger partial charge in [-0.1, -0.05) is 12.1 Å². The van der Waals surface area contributed by atoms with E-state index in [0.717, 1.165) is 16.8 Å². The van der Waals surface area contributed by atoms with Gasteiger partial charge >= 0.3 is 0 Å². The highest BCUT2D eigenvalue weighted by Gasteiger charge is 2.23. The summed E-state index contributed by atoms with van der Waals surface area (Å²) in [5.74, 6) is -0.232. The molecule has 1 aliphatic rings. The molecule has 0 bridgehead atoms. The third-order valence-electron chi connectivity index (χ3n) is 3.28. The second kappa shape index (κ2) is 6.67. The van der Waals surface area contributed by atoms with Crippen molar-refractivity contribution < 1.29 is 9.72 Å². The lowest BCUT2D eigenvalue weighted by Crippen LogP contribution is -2.19. The van der Waals surface area contributed by atoms with E-state index in [0.29, 0.717) is 10.1 Å². The number of carbonyl (C=O) groups is 1. The smallest absolute Gasteiger partial charge is 0.269 e. The molecule has 0 saturated carbocycles. The molecule has 1 aliphatic heterocycles. The molecule has 0 radical (unpaired) electrons. The molecule has 0 unspecified atom stereocenters. The molecule has 2 aromatic carbocycles. The Labute approximate surface area is 142 Å². The normalized spacial score (nSPS) is 17.3. The summed E-state index contributed by atoms with van der Waals surface area (Å²) in [6.07, 6.45) is 1.68. The molecule has 3 rings (SSSR count). The van der Waals surface area contributed by atoms with E-state index in [9.17, 15) is 14.9 Å². The van der Waals surface area contributed by atoms with Crippen LogP contribution in [0.5, 0.6) is 0 Å². The number of carbonyl (C=O) groups excluding carboxylic acids is 1. The Hall–Kier alpha value is -2.93. The topological polar surface area (TPSA) is 84.6 Å². The average molecular weight is 339 g/mol. The molecule has 0 spiro atoms. The standard InChI is InChI=1S/C17H13N3O3S/c1-11-3-2-4-13(9-11)18-17-19-16(21)15(24-17)10-12-5-7-14(8-6-12)20(22)23/h2-10H,1H3,(H,18,19,21)/b15-10+. The van der Waals surface area contributed by atoms with Crippen molar-refractivity contribution in [2.45, 2.75) is 6.92 Å². The van der Waals surface area contributed by atoms with Crippen LogP contribution < -0.4 is 5.32 Å². The molecule has 7 heteroatoms. The number of aryl methyl sites for hydroxylation is 1. The van der Waals surface area contributed by atoms with Gasteiger partial charge < -0.3 is 5.32 Å². The fourth-order valence-corrected chi connectivity index (χ4v) is 2.98. The van der Waals surface area contributed by atoms with Gasteiger partial charge in [-0.25, -0.2) is 4.99 Å². The third kappa shape index (κ3) is 3.69. The van der Waals surface area contributed by atoms with Crippen LogP contribution in [0.3, 0.4) is 0 Å². The van der Waals surface area contributed by atoms with Gasteiger partial charge in [0, 0.05) is 12.1 Å². The van der Waals surface area contributed by atoms with E-state index in [4.69, 9.17) is 0 Å². The van der Waals surface area contributed by atoms with E-state index in [1.807, 2.05) is 31.2 Å². The minimum absolute atomic E-state index is 0.0161. The highest BCUT2D eigenvalue weighted by atomic mass is 32.2. The first-order valence-corrected chi connectivity index (χ1v) is 7.93. The van der Waals surface area contributed by atoms with E-state index in [2.05, 4.69) is 10.3 Å². The summed E-state index contributed by atoms with van der Waals surface area (Å²) in [7, 11) is 0. The van der Waals surface area contributed by atoms with E-state index in [1.165, 1.54) is 23.9 Å². The summed E-state index contributed by atoms with van der Waals surface area (Å²) in [5, 5.41) is 13.9. The number of amides is 1. The fourth-order valence-electron chi connectivity index (χ4n) is 2.14. The number of aliphatic imine (C=N–C) groups is 1. The number of non-ortho nitro benzene ring substituents is 1. The molecule has 1 N–H and O–H groups in total. The van der Waals surface area contributed by atoms with Gasteiger partial charge in [0.05, 0.1) is 15.5 Å². The van der Waals surface area contributed by atoms with E-state index in [1.54, 1.807) is 18.2 Å². The Balaban J connectivity index is 1.80. The van der Waals surface area contributed by atoms with Crippen LogP contribution in [0.4, 0.5) is 11.4 Å². The van der Waals surface area contributed by atoms with Crippen molar-refractivity contribution in [1.29, 1.82) is 0 Å². The molecule has 1 heterocycles. The van der Waals surface area contributed by atoms with Crippen LogP contribution >= 0.6 is 11.8 Å². The summed E-state index contributed by atoms with van der Waals surface area (Å²) < 4.78 is 0. The first-order chi connectivity index (χ1) is 11.5. The second-order valence-electron chi connectivity index (χ2n) is 5.17. The number of nitrogens with one attached hydrogen (secondary N) is 1. The lowest BCUT2D eigenvalue weighted by Gasteiger charge is -1.97. The Kier molecular flexibility index (Phi) is 4.43. The highest BCUT2D eigenvalue weighted by molar-refractivity contribution is 8.18. The van der Waals surface area contributed by atoms with Crippen LogP contribution in [-0.2, 0) is 4.79 Å². The minimum atomic E-state index is -0.458. The van der Waals surface area contributed by atoms with Crippen molar-refractivity contribution >= 4 is 40.3 Å². The van der Waals surface area contributed by atoms with Gasteiger partial charge in [-0.15, -0.1) is 0 Å². The van der Waals surface area contributed by atoms with Crippen LogP contribution in [0.15, 0.2) is 58.4 Å². The highest BCUT2D eigenvalue weighted by Crippen LogP contribution is 2.28. The van der Waals surface area contributed by atoms with Gasteiger partial charge in [0.2, 0.25) is 0 Å². The van der Waals surface area contributed by atoms with E-state index in [-0.39, 0.29) is 11.6 Å². The number of nitro benzene ring substituents is 1. The van der Waals surface area contributed by atoms with Crippen LogP contribution in [0.2, 0.25) is 0 Å².